The number of amides is 1. The highest BCUT2D eigenvalue weighted by molar-refractivity contribution is 5.80. The number of hydrogen-bond donors (Lipinski definition) is 2. The van der Waals surface area contributed by atoms with Gasteiger partial charge >= 0.3 is 0 Å². The molecule has 1 heterocycles. The first-order valence-corrected chi connectivity index (χ1v) is 6.37. The van der Waals surface area contributed by atoms with Crippen LogP contribution in [0, 0.1) is 0 Å². The average molecular weight is 244 g/mol. The number of carbonyl (C=O) groups is 1. The monoisotopic (exact) mass is 244 g/mol. The first-order valence-electron chi connectivity index (χ1n) is 6.37. The van der Waals surface area contributed by atoms with Crippen LogP contribution in [0.2, 0.25) is 0 Å². The zero-order chi connectivity index (χ0) is 12.5. The van der Waals surface area contributed by atoms with Crippen LogP contribution >= 0.6 is 0 Å². The lowest BCUT2D eigenvalue weighted by molar-refractivity contribution is -0.136. The highest BCUT2D eigenvalue weighted by Crippen LogP contribution is 2.09. The van der Waals surface area contributed by atoms with Crippen molar-refractivity contribution >= 4 is 5.91 Å². The van der Waals surface area contributed by atoms with Crippen LogP contribution in [0.15, 0.2) is 0 Å². The summed E-state index contributed by atoms with van der Waals surface area (Å²) in [6.45, 7) is 5.09. The van der Waals surface area contributed by atoms with E-state index in [0.29, 0.717) is 13.2 Å². The van der Waals surface area contributed by atoms with E-state index < -0.39 is 0 Å². The molecule has 2 N–H and O–H groups in total. The van der Waals surface area contributed by atoms with Gasteiger partial charge < -0.3 is 20.1 Å². The lowest BCUT2D eigenvalue weighted by Crippen LogP contribution is -2.40. The van der Waals surface area contributed by atoms with Crippen LogP contribution in [-0.4, -0.2) is 51.5 Å². The molecule has 17 heavy (non-hydrogen) atoms. The summed E-state index contributed by atoms with van der Waals surface area (Å²) in [5, 5.41) is 6.12. The molecular formula is C12H24N2O3. The van der Waals surface area contributed by atoms with Crippen molar-refractivity contribution in [3.05, 3.63) is 0 Å². The summed E-state index contributed by atoms with van der Waals surface area (Å²) in [5.41, 5.74) is 0. The third-order valence-corrected chi connectivity index (χ3v) is 2.88. The Morgan fingerprint density at radius 3 is 2.82 bits per heavy atom. The van der Waals surface area contributed by atoms with Crippen molar-refractivity contribution in [1.82, 2.24) is 10.6 Å². The summed E-state index contributed by atoms with van der Waals surface area (Å²) in [6, 6.07) is 0. The minimum Gasteiger partial charge on any atom is -0.385 e. The number of rotatable bonds is 7. The van der Waals surface area contributed by atoms with E-state index in [9.17, 15) is 4.79 Å². The maximum absolute atomic E-state index is 11.7. The van der Waals surface area contributed by atoms with Gasteiger partial charge in [0, 0.05) is 20.3 Å². The Balaban J connectivity index is 2.12. The lowest BCUT2D eigenvalue weighted by atomic mass is 10.1. The molecule has 0 aromatic carbocycles. The SMILES string of the molecule is COCCCNC(=O)C(C)OC1CCNCC1. The van der Waals surface area contributed by atoms with Crippen molar-refractivity contribution in [2.45, 2.75) is 38.4 Å². The molecule has 1 aliphatic rings. The fraction of sp³-hybridized carbons (Fsp3) is 0.917. The third kappa shape index (κ3) is 6.00. The minimum absolute atomic E-state index is 0.0281. The van der Waals surface area contributed by atoms with Crippen molar-refractivity contribution in [2.24, 2.45) is 0 Å². The van der Waals surface area contributed by atoms with Crippen molar-refractivity contribution in [3.63, 3.8) is 0 Å². The second-order valence-corrected chi connectivity index (χ2v) is 4.37. The number of methoxy groups -OCH3 is 1. The summed E-state index contributed by atoms with van der Waals surface area (Å²) in [7, 11) is 1.66. The van der Waals surface area contributed by atoms with Gasteiger partial charge in [-0.1, -0.05) is 0 Å². The summed E-state index contributed by atoms with van der Waals surface area (Å²) in [4.78, 5) is 11.7. The summed E-state index contributed by atoms with van der Waals surface area (Å²) in [5.74, 6) is -0.0281. The number of hydrogen-bond acceptors (Lipinski definition) is 4. The molecule has 100 valence electrons. The van der Waals surface area contributed by atoms with Gasteiger partial charge in [-0.15, -0.1) is 0 Å². The molecule has 0 aliphatic carbocycles. The van der Waals surface area contributed by atoms with E-state index in [2.05, 4.69) is 10.6 Å². The molecule has 1 saturated heterocycles. The van der Waals surface area contributed by atoms with Gasteiger partial charge in [0.15, 0.2) is 0 Å². The van der Waals surface area contributed by atoms with Crippen LogP contribution in [0.25, 0.3) is 0 Å². The first-order chi connectivity index (χ1) is 8.24. The zero-order valence-electron chi connectivity index (χ0n) is 10.8. The van der Waals surface area contributed by atoms with Crippen LogP contribution in [0.3, 0.4) is 0 Å². The van der Waals surface area contributed by atoms with E-state index in [1.807, 2.05) is 6.92 Å². The lowest BCUT2D eigenvalue weighted by Gasteiger charge is -2.25. The summed E-state index contributed by atoms with van der Waals surface area (Å²) >= 11 is 0. The van der Waals surface area contributed by atoms with Crippen LogP contribution in [-0.2, 0) is 14.3 Å². The van der Waals surface area contributed by atoms with Gasteiger partial charge in [0.25, 0.3) is 0 Å². The molecule has 0 saturated carbocycles. The fourth-order valence-electron chi connectivity index (χ4n) is 1.85. The minimum atomic E-state index is -0.361. The summed E-state index contributed by atoms with van der Waals surface area (Å²) in [6.07, 6.45) is 2.67. The van der Waals surface area contributed by atoms with Gasteiger partial charge in [-0.2, -0.15) is 0 Å². The van der Waals surface area contributed by atoms with E-state index in [0.717, 1.165) is 32.4 Å². The van der Waals surface area contributed by atoms with Gasteiger partial charge in [-0.25, -0.2) is 0 Å². The molecule has 0 spiro atoms. The topological polar surface area (TPSA) is 59.6 Å². The smallest absolute Gasteiger partial charge is 0.248 e. The Labute approximate surface area is 103 Å². The Bertz CT molecular complexity index is 218. The maximum Gasteiger partial charge on any atom is 0.248 e. The molecule has 0 radical (unpaired) electrons. The molecule has 1 rings (SSSR count). The van der Waals surface area contributed by atoms with Crippen molar-refractivity contribution in [1.29, 1.82) is 0 Å². The van der Waals surface area contributed by atoms with Crippen LogP contribution in [0.5, 0.6) is 0 Å². The molecule has 5 nitrogen and oxygen atoms in total. The molecule has 0 aromatic heterocycles. The molecular weight excluding hydrogens is 220 g/mol. The number of ether oxygens (including phenoxy) is 2. The Kier molecular flexibility index (Phi) is 7.16. The van der Waals surface area contributed by atoms with Gasteiger partial charge in [-0.05, 0) is 39.3 Å². The van der Waals surface area contributed by atoms with Crippen LogP contribution < -0.4 is 10.6 Å². The predicted molar refractivity (Wildman–Crippen MR) is 65.9 cm³/mol. The molecule has 1 fully saturated rings. The number of piperidine rings is 1. The van der Waals surface area contributed by atoms with Gasteiger partial charge in [0.2, 0.25) is 5.91 Å². The van der Waals surface area contributed by atoms with E-state index >= 15 is 0 Å². The molecule has 5 heteroatoms. The standard InChI is InChI=1S/C12H24N2O3/c1-10(12(15)14-6-3-9-16-2)17-11-4-7-13-8-5-11/h10-11,13H,3-9H2,1-2H3,(H,14,15). The predicted octanol–water partition coefficient (Wildman–Crippen LogP) is 0.296. The number of carbonyl (C=O) groups excluding carboxylic acids is 1. The molecule has 1 unspecified atom stereocenters. The second-order valence-electron chi connectivity index (χ2n) is 4.37. The fourth-order valence-corrected chi connectivity index (χ4v) is 1.85. The molecule has 0 aromatic rings. The zero-order valence-corrected chi connectivity index (χ0v) is 10.8. The third-order valence-electron chi connectivity index (χ3n) is 2.88. The van der Waals surface area contributed by atoms with Crippen LogP contribution in [0.4, 0.5) is 0 Å². The Morgan fingerprint density at radius 1 is 1.47 bits per heavy atom. The quantitative estimate of drug-likeness (QED) is 0.632. The molecule has 1 aliphatic heterocycles. The molecule has 1 amide bonds. The Hall–Kier alpha value is -0.650. The largest absolute Gasteiger partial charge is 0.385 e. The molecule has 0 bridgehead atoms. The molecule has 1 atom stereocenters. The maximum atomic E-state index is 11.7. The van der Waals surface area contributed by atoms with E-state index in [1.54, 1.807) is 7.11 Å². The highest BCUT2D eigenvalue weighted by atomic mass is 16.5. The Morgan fingerprint density at radius 2 is 2.18 bits per heavy atom. The van der Waals surface area contributed by atoms with E-state index in [4.69, 9.17) is 9.47 Å². The van der Waals surface area contributed by atoms with Crippen molar-refractivity contribution < 1.29 is 14.3 Å². The second kappa shape index (κ2) is 8.44. The van der Waals surface area contributed by atoms with Gasteiger partial charge in [-0.3, -0.25) is 4.79 Å². The van der Waals surface area contributed by atoms with Crippen molar-refractivity contribution in [2.75, 3.05) is 33.4 Å². The van der Waals surface area contributed by atoms with Gasteiger partial charge in [0.1, 0.15) is 6.10 Å². The van der Waals surface area contributed by atoms with Gasteiger partial charge in [0.05, 0.1) is 6.10 Å². The normalized spacial score (nSPS) is 18.9. The van der Waals surface area contributed by atoms with Crippen LogP contribution in [0.1, 0.15) is 26.2 Å². The van der Waals surface area contributed by atoms with Crippen molar-refractivity contribution in [3.8, 4) is 0 Å². The van der Waals surface area contributed by atoms with E-state index in [1.165, 1.54) is 0 Å². The first kappa shape index (κ1) is 14.4. The highest BCUT2D eigenvalue weighted by Gasteiger charge is 2.20. The average Bonchev–Trinajstić information content (AvgIpc) is 2.35. The number of nitrogens with one attached hydrogen (secondary N) is 2. The van der Waals surface area contributed by atoms with E-state index in [-0.39, 0.29) is 18.1 Å². The summed E-state index contributed by atoms with van der Waals surface area (Å²) < 4.78 is 10.6.